The van der Waals surface area contributed by atoms with E-state index in [4.69, 9.17) is 76.1 Å². The fourth-order valence-electron chi connectivity index (χ4n) is 5.81. The van der Waals surface area contributed by atoms with E-state index in [1.54, 1.807) is 83.1 Å². The molecule has 26 heteroatoms. The van der Waals surface area contributed by atoms with Gasteiger partial charge in [0.2, 0.25) is 0 Å². The Bertz CT molecular complexity index is 1260. The first-order valence-electron chi connectivity index (χ1n) is 25.6. The fourth-order valence-corrected chi connectivity index (χ4v) is 5.81. The Labute approximate surface area is 440 Å². The maximum Gasteiger partial charge on any atom is 0.508 e. The second kappa shape index (κ2) is 46.0. The molecule has 0 aliphatic rings. The van der Waals surface area contributed by atoms with Gasteiger partial charge in [-0.15, -0.1) is 0 Å². The van der Waals surface area contributed by atoms with Crippen molar-refractivity contribution in [3.8, 4) is 0 Å². The van der Waals surface area contributed by atoms with E-state index in [-0.39, 0.29) is 94.0 Å². The SMILES string of the molecule is CC[NH+](CC)CC(COC(=O)OC(C)C)COC(=O)OC(C)C.CC[NH+](CC)CC(COC(=O)OC(C)C)COC(=O)OC(C)C.CC[NH+](CC)CC(COC(=O)OC(C)C)COC(=O)OC(C)C.O=P([O-])([O-])[O-]. The minimum Gasteiger partial charge on any atom is -0.822 e. The standard InChI is InChI=1S/3C16H31NO6.H3O4P/c3*1-7-17(8-2)9-14(10-20-15(18)22-12(3)4)11-21-16(19)23-13(5)6;1-5(2,3)4/h3*12-14H,7-11H2,1-6H3;(H3,1,2,3,4). The molecule has 0 amide bonds. The smallest absolute Gasteiger partial charge is 0.508 e. The van der Waals surface area contributed by atoms with E-state index in [1.807, 2.05) is 0 Å². The topological polar surface area (TPSA) is 313 Å². The van der Waals surface area contributed by atoms with Crippen LogP contribution in [0.4, 0.5) is 28.8 Å². The highest BCUT2D eigenvalue weighted by Crippen LogP contribution is 2.06. The second-order valence-corrected chi connectivity index (χ2v) is 19.3. The van der Waals surface area contributed by atoms with Crippen LogP contribution in [0.2, 0.25) is 0 Å². The van der Waals surface area contributed by atoms with Gasteiger partial charge in [0.15, 0.2) is 0 Å². The van der Waals surface area contributed by atoms with Crippen molar-refractivity contribution in [3.05, 3.63) is 0 Å². The third kappa shape index (κ3) is 55.4. The van der Waals surface area contributed by atoms with Crippen LogP contribution in [0, 0.1) is 17.8 Å². The number of hydrogen-bond acceptors (Lipinski definition) is 22. The molecule has 25 nitrogen and oxygen atoms in total. The summed E-state index contributed by atoms with van der Waals surface area (Å²) in [5.74, 6) is -0.321. The van der Waals surface area contributed by atoms with Crippen LogP contribution >= 0.6 is 7.82 Å². The molecule has 0 bridgehead atoms. The van der Waals surface area contributed by atoms with Crippen molar-refractivity contribution < 1.29 is 120 Å². The molecule has 0 atom stereocenters. The lowest BCUT2D eigenvalue weighted by molar-refractivity contribution is -0.900. The average Bonchev–Trinajstić information content (AvgIpc) is 3.26. The predicted molar refractivity (Wildman–Crippen MR) is 264 cm³/mol. The van der Waals surface area contributed by atoms with Gasteiger partial charge in [-0.1, -0.05) is 0 Å². The van der Waals surface area contributed by atoms with Gasteiger partial charge < -0.3 is 90.8 Å². The third-order valence-corrected chi connectivity index (χ3v) is 9.34. The zero-order chi connectivity index (χ0) is 58.0. The predicted octanol–water partition coefficient (Wildman–Crippen LogP) is 2.13. The van der Waals surface area contributed by atoms with E-state index >= 15 is 0 Å². The molecule has 74 heavy (non-hydrogen) atoms. The van der Waals surface area contributed by atoms with E-state index in [0.29, 0.717) is 0 Å². The summed E-state index contributed by atoms with van der Waals surface area (Å²) in [5.41, 5.74) is 0. The van der Waals surface area contributed by atoms with Crippen LogP contribution in [-0.2, 0) is 61.4 Å². The molecule has 0 aromatic rings. The Morgan fingerprint density at radius 1 is 0.324 bits per heavy atom. The molecule has 3 N–H and O–H groups in total. The summed E-state index contributed by atoms with van der Waals surface area (Å²) in [6.45, 7) is 42.3. The highest BCUT2D eigenvalue weighted by Gasteiger charge is 2.24. The summed E-state index contributed by atoms with van der Waals surface area (Å²) in [6, 6.07) is 0. The van der Waals surface area contributed by atoms with E-state index in [0.717, 1.165) is 58.9 Å². The Morgan fingerprint density at radius 3 is 0.541 bits per heavy atom. The van der Waals surface area contributed by atoms with Gasteiger partial charge in [0.25, 0.3) is 0 Å². The molecule has 0 radical (unpaired) electrons. The number of quaternary nitrogens is 3. The van der Waals surface area contributed by atoms with Gasteiger partial charge in [-0.05, 0) is 125 Å². The maximum atomic E-state index is 11.5. The van der Waals surface area contributed by atoms with Crippen molar-refractivity contribution in [2.75, 3.05) is 98.5 Å². The van der Waals surface area contributed by atoms with Crippen LogP contribution in [-0.4, -0.2) is 172 Å². The zero-order valence-corrected chi connectivity index (χ0v) is 48.6. The number of carbonyl (C=O) groups is 6. The van der Waals surface area contributed by atoms with E-state index in [2.05, 4.69) is 41.5 Å². The maximum absolute atomic E-state index is 11.5. The van der Waals surface area contributed by atoms with Gasteiger partial charge in [0.1, 0.15) is 39.6 Å². The lowest BCUT2D eigenvalue weighted by Gasteiger charge is -2.36. The van der Waals surface area contributed by atoms with Crippen LogP contribution in [0.1, 0.15) is 125 Å². The number of nitrogens with one attached hydrogen (secondary N) is 3. The molecule has 0 aromatic carbocycles. The number of carbonyl (C=O) groups excluding carboxylic acids is 6. The Kier molecular flexibility index (Phi) is 47.3. The summed E-state index contributed by atoms with van der Waals surface area (Å²) in [6.07, 6.45) is -5.61. The van der Waals surface area contributed by atoms with E-state index in [1.165, 1.54) is 14.7 Å². The van der Waals surface area contributed by atoms with Gasteiger partial charge in [-0.3, -0.25) is 0 Å². The first-order valence-corrected chi connectivity index (χ1v) is 27.0. The van der Waals surface area contributed by atoms with Gasteiger partial charge in [-0.25, -0.2) is 28.8 Å². The Balaban J connectivity index is -0.000000473. The molecule has 0 fully saturated rings. The number of hydrogen-bond donors (Lipinski definition) is 3. The lowest BCUT2D eigenvalue weighted by atomic mass is 10.1. The van der Waals surface area contributed by atoms with Crippen LogP contribution in [0.25, 0.3) is 0 Å². The van der Waals surface area contributed by atoms with Crippen molar-refractivity contribution in [3.63, 3.8) is 0 Å². The summed E-state index contributed by atoms with van der Waals surface area (Å²) in [4.78, 5) is 98.5. The van der Waals surface area contributed by atoms with Gasteiger partial charge in [0, 0.05) is 0 Å². The number of ether oxygens (including phenoxy) is 12. The minimum atomic E-state index is -5.39. The third-order valence-electron chi connectivity index (χ3n) is 9.34. The summed E-state index contributed by atoms with van der Waals surface area (Å²) in [7, 11) is -5.39. The Hall–Kier alpha value is -4.39. The van der Waals surface area contributed by atoms with Crippen LogP contribution in [0.3, 0.4) is 0 Å². The molecule has 0 aliphatic carbocycles. The van der Waals surface area contributed by atoms with Crippen molar-refractivity contribution in [1.29, 1.82) is 0 Å². The molecular weight excluding hydrogens is 1000 g/mol. The Morgan fingerprint density at radius 2 is 0.446 bits per heavy atom. The largest absolute Gasteiger partial charge is 0.822 e. The van der Waals surface area contributed by atoms with E-state index < -0.39 is 44.8 Å². The molecule has 0 saturated heterocycles. The summed E-state index contributed by atoms with van der Waals surface area (Å²) in [5, 5.41) is 0. The van der Waals surface area contributed by atoms with Gasteiger partial charge >= 0.3 is 36.9 Å². The van der Waals surface area contributed by atoms with Crippen molar-refractivity contribution in [1.82, 2.24) is 0 Å². The molecule has 0 aromatic heterocycles. The molecule has 440 valence electrons. The van der Waals surface area contributed by atoms with Crippen molar-refractivity contribution >= 4 is 44.8 Å². The van der Waals surface area contributed by atoms with Crippen molar-refractivity contribution in [2.24, 2.45) is 17.8 Å². The molecule has 0 spiro atoms. The van der Waals surface area contributed by atoms with Crippen LogP contribution < -0.4 is 29.4 Å². The number of rotatable bonds is 30. The number of phosphoric acid groups is 1. The normalized spacial score (nSPS) is 11.3. The quantitative estimate of drug-likeness (QED) is 0.0527. The first-order chi connectivity index (χ1) is 34.3. The van der Waals surface area contributed by atoms with Gasteiger partial charge in [0.05, 0.1) is 113 Å². The molecule has 0 unspecified atom stereocenters. The van der Waals surface area contributed by atoms with E-state index in [9.17, 15) is 28.8 Å². The highest BCUT2D eigenvalue weighted by atomic mass is 31.2. The second-order valence-electron chi connectivity index (χ2n) is 18.4. The highest BCUT2D eigenvalue weighted by molar-refractivity contribution is 7.40. The van der Waals surface area contributed by atoms with Gasteiger partial charge in [-0.2, -0.15) is 7.82 Å². The lowest BCUT2D eigenvalue weighted by Crippen LogP contribution is -3.12. The zero-order valence-electron chi connectivity index (χ0n) is 47.7. The first kappa shape index (κ1) is 76.1. The summed E-state index contributed by atoms with van der Waals surface area (Å²) >= 11 is 0. The summed E-state index contributed by atoms with van der Waals surface area (Å²) < 4.78 is 68.8. The van der Waals surface area contributed by atoms with Crippen LogP contribution in [0.15, 0.2) is 0 Å². The van der Waals surface area contributed by atoms with Crippen LogP contribution in [0.5, 0.6) is 0 Å². The van der Waals surface area contributed by atoms with Crippen molar-refractivity contribution in [2.45, 2.75) is 161 Å². The monoisotopic (exact) mass is 1100 g/mol. The average molecular weight is 1100 g/mol. The minimum absolute atomic E-state index is 0.107. The molecule has 0 saturated carbocycles. The molecule has 0 rings (SSSR count). The fraction of sp³-hybridized carbons (Fsp3) is 0.875. The molecular formula is C48H96N3O22P. The molecule has 0 heterocycles. The molecule has 0 aliphatic heterocycles.